The third-order valence-electron chi connectivity index (χ3n) is 6.82. The Hall–Kier alpha value is -2.13. The van der Waals surface area contributed by atoms with Gasteiger partial charge in [-0.15, -0.1) is 0 Å². The molecule has 1 aliphatic rings. The number of carboxylic acids is 1. The van der Waals surface area contributed by atoms with Crippen molar-refractivity contribution in [1.82, 2.24) is 4.90 Å². The summed E-state index contributed by atoms with van der Waals surface area (Å²) < 4.78 is 32.2. The Labute approximate surface area is 235 Å². The Balaban J connectivity index is 2.30. The first kappa shape index (κ1) is 30.4. The number of hydrogen-bond donors (Lipinski definition) is 1. The fraction of sp³-hybridized carbons (Fsp3) is 0.500. The average molecular weight is 585 g/mol. The lowest BCUT2D eigenvalue weighted by Gasteiger charge is -2.51. The number of sulfone groups is 1. The van der Waals surface area contributed by atoms with Gasteiger partial charge >= 0.3 is 5.97 Å². The summed E-state index contributed by atoms with van der Waals surface area (Å²) in [7, 11) is -3.69. The molecule has 1 aliphatic heterocycles. The fourth-order valence-corrected chi connectivity index (χ4v) is 6.45. The first-order valence-corrected chi connectivity index (χ1v) is 14.8. The van der Waals surface area contributed by atoms with E-state index in [4.69, 9.17) is 27.9 Å². The highest BCUT2D eigenvalue weighted by Crippen LogP contribution is 2.47. The summed E-state index contributed by atoms with van der Waals surface area (Å²) >= 11 is 12.5. The van der Waals surface area contributed by atoms with E-state index in [0.717, 1.165) is 0 Å². The molecular weight excluding hydrogens is 549 g/mol. The van der Waals surface area contributed by atoms with Crippen molar-refractivity contribution in [3.8, 4) is 0 Å². The second-order valence-corrected chi connectivity index (χ2v) is 15.4. The van der Waals surface area contributed by atoms with Crippen LogP contribution in [0.15, 0.2) is 48.5 Å². The summed E-state index contributed by atoms with van der Waals surface area (Å²) in [5.74, 6) is -2.08. The number of carbonyl (C=O) groups excluding carboxylic acids is 1. The minimum absolute atomic E-state index is 0.308. The molecule has 2 aromatic carbocycles. The molecule has 38 heavy (non-hydrogen) atoms. The average Bonchev–Trinajstić information content (AvgIpc) is 2.78. The van der Waals surface area contributed by atoms with E-state index in [-0.39, 0.29) is 5.75 Å². The zero-order valence-corrected chi connectivity index (χ0v) is 24.8. The van der Waals surface area contributed by atoms with Crippen LogP contribution in [0.3, 0.4) is 0 Å². The highest BCUT2D eigenvalue weighted by atomic mass is 35.5. The van der Waals surface area contributed by atoms with Crippen LogP contribution in [-0.4, -0.2) is 52.9 Å². The summed E-state index contributed by atoms with van der Waals surface area (Å²) in [6.07, 6.45) is -2.70. The highest BCUT2D eigenvalue weighted by Gasteiger charge is 2.51. The largest absolute Gasteiger partial charge is 0.481 e. The van der Waals surface area contributed by atoms with Crippen molar-refractivity contribution >= 4 is 44.9 Å². The van der Waals surface area contributed by atoms with E-state index in [0.29, 0.717) is 21.2 Å². The number of hydrogen-bond acceptors (Lipinski definition) is 5. The lowest BCUT2D eigenvalue weighted by Crippen LogP contribution is -2.60. The number of morpholine rings is 1. The van der Waals surface area contributed by atoms with Crippen molar-refractivity contribution in [2.24, 2.45) is 5.41 Å². The van der Waals surface area contributed by atoms with Gasteiger partial charge in [0.2, 0.25) is 0 Å². The van der Waals surface area contributed by atoms with Gasteiger partial charge in [-0.05, 0) is 61.6 Å². The Morgan fingerprint density at radius 1 is 1.00 bits per heavy atom. The third-order valence-corrected chi connectivity index (χ3v) is 9.93. The number of benzene rings is 2. The Morgan fingerprint density at radius 2 is 1.61 bits per heavy atom. The van der Waals surface area contributed by atoms with Crippen LogP contribution >= 0.6 is 23.2 Å². The van der Waals surface area contributed by atoms with Gasteiger partial charge in [-0.2, -0.15) is 0 Å². The van der Waals surface area contributed by atoms with E-state index in [1.54, 1.807) is 69.3 Å². The molecule has 208 valence electrons. The molecule has 0 bridgehead atoms. The molecule has 4 atom stereocenters. The predicted molar refractivity (Wildman–Crippen MR) is 149 cm³/mol. The number of carboxylic acid groups (broad SMARTS) is 1. The van der Waals surface area contributed by atoms with Crippen molar-refractivity contribution < 1.29 is 27.9 Å². The monoisotopic (exact) mass is 583 g/mol. The summed E-state index contributed by atoms with van der Waals surface area (Å²) in [6.45, 7) is 10.5. The van der Waals surface area contributed by atoms with Crippen LogP contribution in [0.5, 0.6) is 0 Å². The first-order valence-electron chi connectivity index (χ1n) is 12.3. The molecule has 0 aromatic heterocycles. The molecule has 3 rings (SSSR count). The van der Waals surface area contributed by atoms with Crippen molar-refractivity contribution in [1.29, 1.82) is 0 Å². The molecule has 0 aliphatic carbocycles. The zero-order valence-electron chi connectivity index (χ0n) is 22.4. The summed E-state index contributed by atoms with van der Waals surface area (Å²) in [5, 5.41) is 10.5. The van der Waals surface area contributed by atoms with Gasteiger partial charge in [0, 0.05) is 10.0 Å². The molecule has 1 fully saturated rings. The molecule has 2 aromatic rings. The molecule has 0 spiro atoms. The van der Waals surface area contributed by atoms with E-state index < -0.39 is 62.6 Å². The maximum absolute atomic E-state index is 14.1. The lowest BCUT2D eigenvalue weighted by molar-refractivity contribution is -0.186. The maximum Gasteiger partial charge on any atom is 0.306 e. The molecular formula is C28H35Cl2NO6S. The molecule has 7 nitrogen and oxygen atoms in total. The van der Waals surface area contributed by atoms with Crippen LogP contribution in [0.1, 0.15) is 71.2 Å². The molecule has 1 amide bonds. The number of amides is 1. The Morgan fingerprint density at radius 3 is 2.11 bits per heavy atom. The predicted octanol–water partition coefficient (Wildman–Crippen LogP) is 6.11. The number of carbonyl (C=O) groups is 2. The van der Waals surface area contributed by atoms with Gasteiger partial charge < -0.3 is 14.7 Å². The van der Waals surface area contributed by atoms with Gasteiger partial charge in [-0.25, -0.2) is 8.42 Å². The van der Waals surface area contributed by atoms with E-state index in [1.807, 2.05) is 20.8 Å². The van der Waals surface area contributed by atoms with E-state index >= 15 is 0 Å². The van der Waals surface area contributed by atoms with Crippen LogP contribution in [-0.2, 0) is 24.2 Å². The van der Waals surface area contributed by atoms with Gasteiger partial charge in [-0.3, -0.25) is 9.59 Å². The van der Waals surface area contributed by atoms with Crippen molar-refractivity contribution in [3.05, 3.63) is 69.7 Å². The van der Waals surface area contributed by atoms with Crippen LogP contribution in [0.25, 0.3) is 0 Å². The maximum atomic E-state index is 14.1. The molecule has 1 N–H and O–H groups in total. The second-order valence-electron chi connectivity index (χ2n) is 11.7. The van der Waals surface area contributed by atoms with Gasteiger partial charge in [0.1, 0.15) is 12.2 Å². The lowest BCUT2D eigenvalue weighted by atomic mass is 9.82. The number of rotatable bonds is 7. The Kier molecular flexibility index (Phi) is 8.93. The normalized spacial score (nSPS) is 21.8. The molecule has 2 unspecified atom stereocenters. The Bertz CT molecular complexity index is 1280. The summed E-state index contributed by atoms with van der Waals surface area (Å²) in [6, 6.07) is 12.3. The van der Waals surface area contributed by atoms with E-state index in [9.17, 15) is 23.1 Å². The van der Waals surface area contributed by atoms with Gasteiger partial charge in [0.05, 0.1) is 29.0 Å². The smallest absolute Gasteiger partial charge is 0.306 e. The topological polar surface area (TPSA) is 101 Å². The zero-order chi connectivity index (χ0) is 28.6. The highest BCUT2D eigenvalue weighted by molar-refractivity contribution is 7.92. The minimum Gasteiger partial charge on any atom is -0.481 e. The van der Waals surface area contributed by atoms with Gasteiger partial charge in [-0.1, -0.05) is 68.2 Å². The van der Waals surface area contributed by atoms with Crippen molar-refractivity contribution in [2.75, 3.05) is 5.75 Å². The number of aliphatic carboxylic acids is 1. The molecule has 10 heteroatoms. The quantitative estimate of drug-likeness (QED) is 0.422. The van der Waals surface area contributed by atoms with Gasteiger partial charge in [0.25, 0.3) is 5.91 Å². The van der Waals surface area contributed by atoms with Crippen molar-refractivity contribution in [2.45, 2.75) is 77.0 Å². The number of ether oxygens (including phenoxy) is 1. The van der Waals surface area contributed by atoms with E-state index in [1.165, 1.54) is 4.90 Å². The molecule has 1 heterocycles. The van der Waals surface area contributed by atoms with Crippen LogP contribution in [0.4, 0.5) is 0 Å². The minimum atomic E-state index is -3.69. The third kappa shape index (κ3) is 6.71. The fourth-order valence-electron chi connectivity index (χ4n) is 4.55. The van der Waals surface area contributed by atoms with E-state index in [2.05, 4.69) is 0 Å². The summed E-state index contributed by atoms with van der Waals surface area (Å²) in [4.78, 5) is 27.4. The number of halogens is 2. The standard InChI is InChI=1S/C28H35Cl2NO6S/c1-27(2,3)22(16-38(35,36)28(4,5)6)31-24(17-10-12-19(29)13-11-17)25(18-8-7-9-20(30)14-18)37-21(26(31)34)15-23(32)33/h7-14,21-22,24-25H,15-16H2,1-6H3,(H,32,33)/t21-,22?,24+,25?/m0/s1. The second kappa shape index (κ2) is 11.2. The summed E-state index contributed by atoms with van der Waals surface area (Å²) in [5.41, 5.74) is 0.614. The van der Waals surface area contributed by atoms with Crippen LogP contribution in [0, 0.1) is 5.41 Å². The first-order chi connectivity index (χ1) is 17.4. The number of nitrogens with zero attached hydrogens (tertiary/aromatic N) is 1. The van der Waals surface area contributed by atoms with Gasteiger partial charge in [0.15, 0.2) is 9.84 Å². The van der Waals surface area contributed by atoms with Crippen molar-refractivity contribution in [3.63, 3.8) is 0 Å². The molecule has 0 saturated carbocycles. The SMILES string of the molecule is CC(C)(C)C(CS(=O)(=O)C(C)(C)C)N1C(=O)[C@H](CC(=O)O)OC(c2cccc(Cl)c2)[C@H]1c1ccc(Cl)cc1. The van der Waals surface area contributed by atoms with Crippen LogP contribution in [0.2, 0.25) is 10.0 Å². The molecule has 1 saturated heterocycles. The molecule has 0 radical (unpaired) electrons. The van der Waals surface area contributed by atoms with Crippen LogP contribution < -0.4 is 0 Å².